The average Bonchev–Trinajstić information content (AvgIpc) is 2.80. The lowest BCUT2D eigenvalue weighted by Gasteiger charge is -2.26. The highest BCUT2D eigenvalue weighted by Crippen LogP contribution is 2.16. The molecule has 2 N–H and O–H groups in total. The Kier molecular flexibility index (Phi) is 12.3. The largest absolute Gasteiger partial charge is 0.489 e. The zero-order valence-corrected chi connectivity index (χ0v) is 20.7. The predicted octanol–water partition coefficient (Wildman–Crippen LogP) is 3.66. The van der Waals surface area contributed by atoms with Gasteiger partial charge in [0.25, 0.3) is 0 Å². The van der Waals surface area contributed by atoms with Gasteiger partial charge in [-0.1, -0.05) is 42.5 Å². The van der Waals surface area contributed by atoms with Crippen LogP contribution in [0.15, 0.2) is 59.6 Å². The summed E-state index contributed by atoms with van der Waals surface area (Å²) in [6.07, 6.45) is 1.09. The first kappa shape index (κ1) is 25.4. The third-order valence-electron chi connectivity index (χ3n) is 4.96. The van der Waals surface area contributed by atoms with Crippen molar-refractivity contribution >= 4 is 29.9 Å². The number of nitrogens with zero attached hydrogens (tertiary/aromatic N) is 2. The van der Waals surface area contributed by atoms with E-state index in [-0.39, 0.29) is 24.0 Å². The molecule has 1 aliphatic heterocycles. The van der Waals surface area contributed by atoms with Crippen molar-refractivity contribution in [2.45, 2.75) is 26.5 Å². The first-order valence-electron chi connectivity index (χ1n) is 10.9. The summed E-state index contributed by atoms with van der Waals surface area (Å²) in [7, 11) is 0. The molecule has 0 atom stereocenters. The lowest BCUT2D eigenvalue weighted by molar-refractivity contribution is 0.0376. The standard InChI is InChI=1S/C24H34N4O2.HI/c1-2-25-24(26-12-7-13-28-14-16-29-17-15-28)27-19-22-10-6-11-23(18-22)30-20-21-8-4-3-5-9-21;/h3-6,8-11,18H,2,7,12-17,19-20H2,1H3,(H2,25,26,27);1H. The molecule has 0 radical (unpaired) electrons. The number of benzene rings is 2. The van der Waals surface area contributed by atoms with Gasteiger partial charge in [0.2, 0.25) is 0 Å². The Balaban J connectivity index is 0.00000341. The maximum Gasteiger partial charge on any atom is 0.191 e. The first-order chi connectivity index (χ1) is 14.8. The normalized spacial score (nSPS) is 14.5. The van der Waals surface area contributed by atoms with Crippen LogP contribution in [-0.4, -0.2) is 56.8 Å². The van der Waals surface area contributed by atoms with Gasteiger partial charge < -0.3 is 20.1 Å². The number of halogens is 1. The highest BCUT2D eigenvalue weighted by molar-refractivity contribution is 14.0. The lowest BCUT2D eigenvalue weighted by Crippen LogP contribution is -2.40. The van der Waals surface area contributed by atoms with Crippen LogP contribution < -0.4 is 15.4 Å². The van der Waals surface area contributed by atoms with Crippen LogP contribution in [0.4, 0.5) is 0 Å². The van der Waals surface area contributed by atoms with Gasteiger partial charge in [-0.3, -0.25) is 4.90 Å². The van der Waals surface area contributed by atoms with E-state index in [1.807, 2.05) is 30.3 Å². The van der Waals surface area contributed by atoms with Crippen LogP contribution in [0.25, 0.3) is 0 Å². The molecule has 0 aliphatic carbocycles. The molecule has 6 nitrogen and oxygen atoms in total. The van der Waals surface area contributed by atoms with E-state index in [0.29, 0.717) is 13.2 Å². The van der Waals surface area contributed by atoms with Crippen molar-refractivity contribution in [1.82, 2.24) is 15.5 Å². The van der Waals surface area contributed by atoms with Gasteiger partial charge in [-0.2, -0.15) is 0 Å². The maximum atomic E-state index is 5.93. The van der Waals surface area contributed by atoms with Crippen molar-refractivity contribution in [2.75, 3.05) is 45.9 Å². The third kappa shape index (κ3) is 9.88. The molecule has 0 amide bonds. The second-order valence-corrected chi connectivity index (χ2v) is 7.35. The van der Waals surface area contributed by atoms with E-state index in [2.05, 4.69) is 46.7 Å². The van der Waals surface area contributed by atoms with Gasteiger partial charge in [-0.15, -0.1) is 24.0 Å². The summed E-state index contributed by atoms with van der Waals surface area (Å²) in [6, 6.07) is 18.4. The van der Waals surface area contributed by atoms with Gasteiger partial charge in [0.05, 0.1) is 19.8 Å². The van der Waals surface area contributed by atoms with E-state index < -0.39 is 0 Å². The molecule has 1 saturated heterocycles. The molecule has 2 aromatic rings. The Morgan fingerprint density at radius 1 is 1.03 bits per heavy atom. The molecule has 1 aliphatic rings. The molecule has 0 spiro atoms. The molecule has 31 heavy (non-hydrogen) atoms. The van der Waals surface area contributed by atoms with Crippen LogP contribution in [0.2, 0.25) is 0 Å². The van der Waals surface area contributed by atoms with Gasteiger partial charge in [-0.05, 0) is 43.1 Å². The summed E-state index contributed by atoms with van der Waals surface area (Å²) >= 11 is 0. The number of aliphatic imine (C=N–C) groups is 1. The minimum Gasteiger partial charge on any atom is -0.489 e. The number of ether oxygens (including phenoxy) is 2. The minimum absolute atomic E-state index is 0. The highest BCUT2D eigenvalue weighted by atomic mass is 127. The number of morpholine rings is 1. The van der Waals surface area contributed by atoms with Gasteiger partial charge >= 0.3 is 0 Å². The van der Waals surface area contributed by atoms with Crippen LogP contribution in [0.3, 0.4) is 0 Å². The fourth-order valence-corrected chi connectivity index (χ4v) is 3.32. The van der Waals surface area contributed by atoms with E-state index in [1.54, 1.807) is 0 Å². The number of nitrogens with one attached hydrogen (secondary N) is 2. The molecular weight excluding hydrogens is 503 g/mol. The molecule has 0 saturated carbocycles. The zero-order valence-electron chi connectivity index (χ0n) is 18.4. The van der Waals surface area contributed by atoms with E-state index in [4.69, 9.17) is 14.5 Å². The second-order valence-electron chi connectivity index (χ2n) is 7.35. The van der Waals surface area contributed by atoms with Gasteiger partial charge in [0.15, 0.2) is 5.96 Å². The number of rotatable bonds is 10. The Bertz CT molecular complexity index is 767. The molecule has 0 unspecified atom stereocenters. The molecule has 0 bridgehead atoms. The Hall–Kier alpha value is -1.84. The van der Waals surface area contributed by atoms with Gasteiger partial charge in [0, 0.05) is 26.2 Å². The number of guanidine groups is 1. The van der Waals surface area contributed by atoms with Crippen LogP contribution >= 0.6 is 24.0 Å². The van der Waals surface area contributed by atoms with Crippen LogP contribution in [0.1, 0.15) is 24.5 Å². The van der Waals surface area contributed by atoms with Crippen molar-refractivity contribution in [2.24, 2.45) is 4.99 Å². The van der Waals surface area contributed by atoms with Crippen molar-refractivity contribution in [3.05, 3.63) is 65.7 Å². The fraction of sp³-hybridized carbons (Fsp3) is 0.458. The molecule has 0 aromatic heterocycles. The molecule has 1 fully saturated rings. The first-order valence-corrected chi connectivity index (χ1v) is 10.9. The molecule has 7 heteroatoms. The summed E-state index contributed by atoms with van der Waals surface area (Å²) in [5, 5.41) is 6.77. The van der Waals surface area contributed by atoms with E-state index in [0.717, 1.165) is 75.2 Å². The molecule has 3 rings (SSSR count). The third-order valence-corrected chi connectivity index (χ3v) is 4.96. The molecule has 2 aromatic carbocycles. The van der Waals surface area contributed by atoms with Crippen molar-refractivity contribution in [3.63, 3.8) is 0 Å². The Morgan fingerprint density at radius 3 is 2.58 bits per heavy atom. The summed E-state index contributed by atoms with van der Waals surface area (Å²) in [4.78, 5) is 7.19. The van der Waals surface area contributed by atoms with Crippen LogP contribution in [0.5, 0.6) is 5.75 Å². The maximum absolute atomic E-state index is 5.93. The van der Waals surface area contributed by atoms with Crippen LogP contribution in [-0.2, 0) is 17.9 Å². The summed E-state index contributed by atoms with van der Waals surface area (Å²) in [5.74, 6) is 1.73. The number of hydrogen-bond donors (Lipinski definition) is 2. The lowest BCUT2D eigenvalue weighted by atomic mass is 10.2. The van der Waals surface area contributed by atoms with Gasteiger partial charge in [0.1, 0.15) is 12.4 Å². The van der Waals surface area contributed by atoms with Crippen molar-refractivity contribution in [1.29, 1.82) is 0 Å². The number of hydrogen-bond acceptors (Lipinski definition) is 4. The predicted molar refractivity (Wildman–Crippen MR) is 137 cm³/mol. The van der Waals surface area contributed by atoms with Gasteiger partial charge in [-0.25, -0.2) is 4.99 Å². The smallest absolute Gasteiger partial charge is 0.191 e. The average molecular weight is 538 g/mol. The minimum atomic E-state index is 0. The highest BCUT2D eigenvalue weighted by Gasteiger charge is 2.09. The van der Waals surface area contributed by atoms with E-state index in [9.17, 15) is 0 Å². The molecular formula is C24H35IN4O2. The van der Waals surface area contributed by atoms with Crippen LogP contribution in [0, 0.1) is 0 Å². The SMILES string of the molecule is CCNC(=NCc1cccc(OCc2ccccc2)c1)NCCCN1CCOCC1.I. The Labute approximate surface area is 203 Å². The van der Waals surface area contributed by atoms with E-state index in [1.165, 1.54) is 0 Å². The van der Waals surface area contributed by atoms with Crippen molar-refractivity contribution < 1.29 is 9.47 Å². The zero-order chi connectivity index (χ0) is 20.9. The summed E-state index contributed by atoms with van der Waals surface area (Å²) in [6.45, 7) is 9.89. The quantitative estimate of drug-likeness (QED) is 0.209. The molecule has 1 heterocycles. The summed E-state index contributed by atoms with van der Waals surface area (Å²) in [5.41, 5.74) is 2.29. The topological polar surface area (TPSA) is 58.1 Å². The Morgan fingerprint density at radius 2 is 1.81 bits per heavy atom. The second kappa shape index (κ2) is 15.0. The monoisotopic (exact) mass is 538 g/mol. The molecule has 170 valence electrons. The fourth-order valence-electron chi connectivity index (χ4n) is 3.32. The van der Waals surface area contributed by atoms with Crippen molar-refractivity contribution in [3.8, 4) is 5.75 Å². The van der Waals surface area contributed by atoms with E-state index >= 15 is 0 Å². The summed E-state index contributed by atoms with van der Waals surface area (Å²) < 4.78 is 11.3.